The monoisotopic (exact) mass is 375 g/mol. The van der Waals surface area contributed by atoms with Crippen molar-refractivity contribution in [1.82, 2.24) is 24.5 Å². The zero-order chi connectivity index (χ0) is 20.8. The molecule has 0 amide bonds. The van der Waals surface area contributed by atoms with Gasteiger partial charge in [-0.05, 0) is 40.7 Å². The molecule has 2 aromatic heterocycles. The topological polar surface area (TPSA) is 68.8 Å². The van der Waals surface area contributed by atoms with Crippen molar-refractivity contribution in [1.29, 1.82) is 0 Å². The Balaban J connectivity index is 2.54. The van der Waals surface area contributed by atoms with E-state index in [9.17, 15) is 5.11 Å². The highest BCUT2D eigenvalue weighted by Crippen LogP contribution is 2.33. The molecule has 0 saturated carbocycles. The van der Waals surface area contributed by atoms with Crippen molar-refractivity contribution in [3.05, 3.63) is 29.1 Å². The Morgan fingerprint density at radius 3 is 2.04 bits per heavy atom. The van der Waals surface area contributed by atoms with Crippen LogP contribution in [0.15, 0.2) is 6.07 Å². The third-order valence-electron chi connectivity index (χ3n) is 4.80. The van der Waals surface area contributed by atoms with E-state index in [-0.39, 0.29) is 29.0 Å². The van der Waals surface area contributed by atoms with Crippen molar-refractivity contribution in [3.63, 3.8) is 0 Å². The molecule has 6 heteroatoms. The van der Waals surface area contributed by atoms with Crippen LogP contribution in [0, 0.1) is 0 Å². The fraction of sp³-hybridized carbons (Fsp3) is 0.762. The Morgan fingerprint density at radius 1 is 1.00 bits per heavy atom. The van der Waals surface area contributed by atoms with E-state index in [4.69, 9.17) is 0 Å². The average molecular weight is 376 g/mol. The minimum atomic E-state index is -0.199. The number of rotatable bonds is 5. The van der Waals surface area contributed by atoms with Crippen molar-refractivity contribution in [2.45, 2.75) is 105 Å². The summed E-state index contributed by atoms with van der Waals surface area (Å²) in [6.07, 6.45) is 0.747. The van der Waals surface area contributed by atoms with Gasteiger partial charge >= 0.3 is 0 Å². The number of aromatic nitrogens is 5. The van der Waals surface area contributed by atoms with Crippen LogP contribution >= 0.6 is 0 Å². The lowest BCUT2D eigenvalue weighted by atomic mass is 9.84. The van der Waals surface area contributed by atoms with Crippen LogP contribution in [-0.4, -0.2) is 29.7 Å². The van der Waals surface area contributed by atoms with Gasteiger partial charge in [-0.2, -0.15) is 5.10 Å². The molecular formula is C21H37N5O. The Labute approximate surface area is 164 Å². The molecule has 152 valence electrons. The molecule has 0 unspecified atom stereocenters. The van der Waals surface area contributed by atoms with Gasteiger partial charge in [0.1, 0.15) is 11.6 Å². The van der Waals surface area contributed by atoms with Crippen LogP contribution in [0.1, 0.15) is 98.3 Å². The third kappa shape index (κ3) is 4.42. The summed E-state index contributed by atoms with van der Waals surface area (Å²) in [5, 5.41) is 23.3. The summed E-state index contributed by atoms with van der Waals surface area (Å²) in [6, 6.07) is 2.24. The lowest BCUT2D eigenvalue weighted by molar-refractivity contribution is 0.274. The van der Waals surface area contributed by atoms with Crippen LogP contribution in [0.25, 0.3) is 0 Å². The first-order chi connectivity index (χ1) is 12.2. The molecule has 27 heavy (non-hydrogen) atoms. The molecule has 6 nitrogen and oxygen atoms in total. The van der Waals surface area contributed by atoms with E-state index in [0.717, 1.165) is 23.8 Å². The van der Waals surface area contributed by atoms with Gasteiger partial charge in [0.15, 0.2) is 0 Å². The predicted octanol–water partition coefficient (Wildman–Crippen LogP) is 4.12. The summed E-state index contributed by atoms with van der Waals surface area (Å²) >= 11 is 0. The van der Waals surface area contributed by atoms with E-state index in [1.54, 1.807) is 0 Å². The quantitative estimate of drug-likeness (QED) is 0.853. The van der Waals surface area contributed by atoms with Crippen LogP contribution in [0.2, 0.25) is 0 Å². The van der Waals surface area contributed by atoms with Crippen molar-refractivity contribution in [3.8, 4) is 0 Å². The van der Waals surface area contributed by atoms with Gasteiger partial charge in [-0.3, -0.25) is 4.68 Å². The van der Waals surface area contributed by atoms with E-state index in [0.29, 0.717) is 5.69 Å². The molecule has 2 heterocycles. The second-order valence-corrected chi connectivity index (χ2v) is 10.5. The molecule has 0 aliphatic heterocycles. The molecule has 1 N–H and O–H groups in total. The molecule has 0 aliphatic rings. The lowest BCUT2D eigenvalue weighted by Gasteiger charge is -2.32. The van der Waals surface area contributed by atoms with E-state index in [1.807, 2.05) is 10.7 Å². The molecule has 2 aromatic rings. The van der Waals surface area contributed by atoms with Crippen molar-refractivity contribution in [2.24, 2.45) is 0 Å². The van der Waals surface area contributed by atoms with Crippen LogP contribution in [0.3, 0.4) is 0 Å². The number of hydrogen-bond acceptors (Lipinski definition) is 4. The molecule has 2 rings (SSSR count). The first-order valence-electron chi connectivity index (χ1n) is 9.83. The Kier molecular flexibility index (Phi) is 5.64. The fourth-order valence-electron chi connectivity index (χ4n) is 3.53. The van der Waals surface area contributed by atoms with Gasteiger partial charge in [-0.1, -0.05) is 34.6 Å². The van der Waals surface area contributed by atoms with Gasteiger partial charge < -0.3 is 9.67 Å². The maximum Gasteiger partial charge on any atom is 0.138 e. The van der Waals surface area contributed by atoms with E-state index in [2.05, 4.69) is 89.1 Å². The first-order valence-corrected chi connectivity index (χ1v) is 9.83. The zero-order valence-corrected chi connectivity index (χ0v) is 18.8. The SMILES string of the molecule is CC(C)n1nc(CO)cc1C(C)(C)Cc1nnc(C(C)(C)C)n1C(C)(C)C. The van der Waals surface area contributed by atoms with Crippen molar-refractivity contribution < 1.29 is 5.11 Å². The normalized spacial score (nSPS) is 13.6. The van der Waals surface area contributed by atoms with Crippen LogP contribution < -0.4 is 0 Å². The number of hydrogen-bond donors (Lipinski definition) is 1. The van der Waals surface area contributed by atoms with Crippen molar-refractivity contribution >= 4 is 0 Å². The maximum atomic E-state index is 9.55. The zero-order valence-electron chi connectivity index (χ0n) is 18.8. The molecule has 0 aliphatic carbocycles. The smallest absolute Gasteiger partial charge is 0.138 e. The minimum absolute atomic E-state index is 0.0465. The first kappa shape index (κ1) is 21.6. The summed E-state index contributed by atoms with van der Waals surface area (Å²) in [5.74, 6) is 1.99. The molecular weight excluding hydrogens is 338 g/mol. The predicted molar refractivity (Wildman–Crippen MR) is 109 cm³/mol. The summed E-state index contributed by atoms with van der Waals surface area (Å²) in [5.41, 5.74) is 1.44. The van der Waals surface area contributed by atoms with Gasteiger partial charge in [0.25, 0.3) is 0 Å². The molecule has 0 aromatic carbocycles. The molecule has 0 saturated heterocycles. The highest BCUT2D eigenvalue weighted by molar-refractivity contribution is 5.22. The summed E-state index contributed by atoms with van der Waals surface area (Å²) in [4.78, 5) is 0. The minimum Gasteiger partial charge on any atom is -0.390 e. The molecule has 0 radical (unpaired) electrons. The molecule has 0 atom stereocenters. The number of aliphatic hydroxyl groups excluding tert-OH is 1. The highest BCUT2D eigenvalue weighted by atomic mass is 16.3. The van der Waals surface area contributed by atoms with E-state index >= 15 is 0 Å². The fourth-order valence-corrected chi connectivity index (χ4v) is 3.53. The number of aliphatic hydroxyl groups is 1. The average Bonchev–Trinajstić information content (AvgIpc) is 3.09. The summed E-state index contributed by atoms with van der Waals surface area (Å²) < 4.78 is 4.31. The van der Waals surface area contributed by atoms with Gasteiger partial charge in [0.2, 0.25) is 0 Å². The molecule has 0 spiro atoms. The second-order valence-electron chi connectivity index (χ2n) is 10.5. The van der Waals surface area contributed by atoms with Crippen molar-refractivity contribution in [2.75, 3.05) is 0 Å². The third-order valence-corrected chi connectivity index (χ3v) is 4.80. The van der Waals surface area contributed by atoms with Crippen LogP contribution in [0.4, 0.5) is 0 Å². The second kappa shape index (κ2) is 7.04. The largest absolute Gasteiger partial charge is 0.390 e. The standard InChI is InChI=1S/C21H37N5O/c1-14(2)26-16(11-15(13-27)24-26)21(9,10)12-17-22-23-18(19(3,4)5)25(17)20(6,7)8/h11,14,27H,12-13H2,1-10H3. The van der Waals surface area contributed by atoms with Gasteiger partial charge in [-0.25, -0.2) is 0 Å². The van der Waals surface area contributed by atoms with E-state index in [1.165, 1.54) is 0 Å². The summed E-state index contributed by atoms with van der Waals surface area (Å²) in [6.45, 7) is 21.7. The van der Waals surface area contributed by atoms with Gasteiger partial charge in [0.05, 0.1) is 12.3 Å². The lowest BCUT2D eigenvalue weighted by Crippen LogP contribution is -2.34. The Morgan fingerprint density at radius 2 is 1.59 bits per heavy atom. The molecule has 0 bridgehead atoms. The molecule has 0 fully saturated rings. The van der Waals surface area contributed by atoms with Gasteiger partial charge in [-0.15, -0.1) is 10.2 Å². The Bertz CT molecular complexity index is 785. The highest BCUT2D eigenvalue weighted by Gasteiger charge is 2.34. The Hall–Kier alpha value is -1.69. The van der Waals surface area contributed by atoms with E-state index < -0.39 is 0 Å². The maximum absolute atomic E-state index is 9.55. The van der Waals surface area contributed by atoms with Crippen LogP contribution in [-0.2, 0) is 29.4 Å². The number of nitrogens with zero attached hydrogens (tertiary/aromatic N) is 5. The van der Waals surface area contributed by atoms with Crippen LogP contribution in [0.5, 0.6) is 0 Å². The summed E-state index contributed by atoms with van der Waals surface area (Å²) in [7, 11) is 0. The van der Waals surface area contributed by atoms with Gasteiger partial charge in [0, 0.05) is 34.5 Å².